The van der Waals surface area contributed by atoms with Gasteiger partial charge in [0.05, 0.1) is 19.0 Å². The van der Waals surface area contributed by atoms with Gasteiger partial charge in [-0.15, -0.1) is 0 Å². The van der Waals surface area contributed by atoms with Gasteiger partial charge in [0.2, 0.25) is 5.91 Å². The van der Waals surface area contributed by atoms with Gasteiger partial charge in [0.25, 0.3) is 0 Å². The largest absolute Gasteiger partial charge is 0.496 e. The van der Waals surface area contributed by atoms with Crippen LogP contribution in [0.5, 0.6) is 5.75 Å². The van der Waals surface area contributed by atoms with E-state index in [4.69, 9.17) is 9.73 Å². The molecule has 8 nitrogen and oxygen atoms in total. The SMILES string of the molecule is CCNC(=NCC(C)c1ccccc1OC)N1CCN(c2cnn(C)c2)C(=O)C1. The third-order valence-electron chi connectivity index (χ3n) is 5.04. The number of piperazine rings is 1. The molecule has 156 valence electrons. The van der Waals surface area contributed by atoms with Gasteiger partial charge >= 0.3 is 0 Å². The maximum Gasteiger partial charge on any atom is 0.246 e. The Morgan fingerprint density at radius 3 is 2.79 bits per heavy atom. The number of aromatic nitrogens is 2. The van der Waals surface area contributed by atoms with Crippen LogP contribution in [0.1, 0.15) is 25.3 Å². The average molecular weight is 399 g/mol. The number of nitrogens with zero attached hydrogens (tertiary/aromatic N) is 5. The highest BCUT2D eigenvalue weighted by atomic mass is 16.5. The first kappa shape index (κ1) is 20.7. The van der Waals surface area contributed by atoms with Gasteiger partial charge in [-0.05, 0) is 18.6 Å². The molecule has 1 fully saturated rings. The lowest BCUT2D eigenvalue weighted by Gasteiger charge is -2.35. The van der Waals surface area contributed by atoms with E-state index < -0.39 is 0 Å². The predicted molar refractivity (Wildman–Crippen MR) is 115 cm³/mol. The topological polar surface area (TPSA) is 75.0 Å². The minimum absolute atomic E-state index is 0.0487. The molecule has 29 heavy (non-hydrogen) atoms. The van der Waals surface area contributed by atoms with E-state index in [0.717, 1.165) is 36.0 Å². The molecule has 0 radical (unpaired) electrons. The van der Waals surface area contributed by atoms with E-state index in [2.05, 4.69) is 23.4 Å². The van der Waals surface area contributed by atoms with Crippen LogP contribution in [-0.4, -0.2) is 66.4 Å². The molecule has 0 spiro atoms. The summed E-state index contributed by atoms with van der Waals surface area (Å²) in [5.74, 6) is 1.90. The Labute approximate surface area is 172 Å². The van der Waals surface area contributed by atoms with Gasteiger partial charge in [-0.3, -0.25) is 14.5 Å². The molecule has 8 heteroatoms. The molecular weight excluding hydrogens is 368 g/mol. The van der Waals surface area contributed by atoms with Crippen LogP contribution in [0.3, 0.4) is 0 Å². The summed E-state index contributed by atoms with van der Waals surface area (Å²) in [7, 11) is 3.54. The van der Waals surface area contributed by atoms with Crippen molar-refractivity contribution in [2.75, 3.05) is 44.7 Å². The molecule has 3 rings (SSSR count). The fourth-order valence-corrected chi connectivity index (χ4v) is 3.50. The van der Waals surface area contributed by atoms with Crippen LogP contribution in [0.4, 0.5) is 5.69 Å². The van der Waals surface area contributed by atoms with E-state index >= 15 is 0 Å². The zero-order valence-corrected chi connectivity index (χ0v) is 17.6. The number of aliphatic imine (C=N–C) groups is 1. The molecule has 1 aromatic carbocycles. The van der Waals surface area contributed by atoms with E-state index in [9.17, 15) is 4.79 Å². The number of amides is 1. The zero-order chi connectivity index (χ0) is 20.8. The summed E-state index contributed by atoms with van der Waals surface area (Å²) in [4.78, 5) is 21.3. The second-order valence-electron chi connectivity index (χ2n) is 7.18. The summed E-state index contributed by atoms with van der Waals surface area (Å²) in [6.45, 7) is 7.15. The molecular formula is C21H30N6O2. The molecule has 1 aromatic heterocycles. The quantitative estimate of drug-likeness (QED) is 0.594. The molecule has 0 bridgehead atoms. The predicted octanol–water partition coefficient (Wildman–Crippen LogP) is 1.85. The third kappa shape index (κ3) is 4.88. The van der Waals surface area contributed by atoms with Gasteiger partial charge in [0.1, 0.15) is 12.3 Å². The van der Waals surface area contributed by atoms with Crippen LogP contribution in [0.2, 0.25) is 0 Å². The van der Waals surface area contributed by atoms with Crippen molar-refractivity contribution in [3.8, 4) is 5.75 Å². The standard InChI is InChI=1S/C21H30N6O2/c1-5-22-21(23-12-16(2)18-8-6-7-9-19(18)29-4)26-10-11-27(20(28)15-26)17-13-24-25(3)14-17/h6-9,13-14,16H,5,10-12,15H2,1-4H3,(H,22,23). The van der Waals surface area contributed by atoms with Gasteiger partial charge < -0.3 is 19.9 Å². The van der Waals surface area contributed by atoms with Gasteiger partial charge in [-0.2, -0.15) is 5.10 Å². The average Bonchev–Trinajstić information content (AvgIpc) is 3.16. The lowest BCUT2D eigenvalue weighted by Crippen LogP contribution is -2.55. The molecule has 2 heterocycles. The van der Waals surface area contributed by atoms with Gasteiger partial charge in [0.15, 0.2) is 5.96 Å². The first-order valence-corrected chi connectivity index (χ1v) is 9.98. The number of hydrogen-bond donors (Lipinski definition) is 1. The fraction of sp³-hybridized carbons (Fsp3) is 0.476. The summed E-state index contributed by atoms with van der Waals surface area (Å²) in [5, 5.41) is 7.49. The highest BCUT2D eigenvalue weighted by molar-refractivity contribution is 5.98. The normalized spacial score (nSPS) is 16.1. The fourth-order valence-electron chi connectivity index (χ4n) is 3.50. The van der Waals surface area contributed by atoms with Crippen LogP contribution in [0.15, 0.2) is 41.7 Å². The highest BCUT2D eigenvalue weighted by Gasteiger charge is 2.27. The van der Waals surface area contributed by atoms with Crippen molar-refractivity contribution in [1.29, 1.82) is 0 Å². The number of nitrogens with one attached hydrogen (secondary N) is 1. The Morgan fingerprint density at radius 2 is 2.14 bits per heavy atom. The van der Waals surface area contributed by atoms with E-state index in [1.807, 2.05) is 43.3 Å². The molecule has 1 saturated heterocycles. The molecule has 1 aliphatic rings. The van der Waals surface area contributed by atoms with E-state index in [0.29, 0.717) is 19.6 Å². The summed E-state index contributed by atoms with van der Waals surface area (Å²) < 4.78 is 7.18. The van der Waals surface area contributed by atoms with Gasteiger partial charge in [-0.1, -0.05) is 25.1 Å². The number of para-hydroxylation sites is 1. The molecule has 2 aromatic rings. The van der Waals surface area contributed by atoms with Crippen molar-refractivity contribution < 1.29 is 9.53 Å². The monoisotopic (exact) mass is 398 g/mol. The number of benzene rings is 1. The lowest BCUT2D eigenvalue weighted by molar-refractivity contribution is -0.120. The second-order valence-corrected chi connectivity index (χ2v) is 7.18. The molecule has 1 amide bonds. The second kappa shape index (κ2) is 9.45. The third-order valence-corrected chi connectivity index (χ3v) is 5.04. The molecule has 1 unspecified atom stereocenters. The Hall–Kier alpha value is -3.03. The van der Waals surface area contributed by atoms with Crippen molar-refractivity contribution in [1.82, 2.24) is 20.0 Å². The Morgan fingerprint density at radius 1 is 1.34 bits per heavy atom. The molecule has 0 saturated carbocycles. The van der Waals surface area contributed by atoms with Crippen LogP contribution in [0.25, 0.3) is 0 Å². The summed E-state index contributed by atoms with van der Waals surface area (Å²) in [6, 6.07) is 8.02. The minimum Gasteiger partial charge on any atom is -0.496 e. The Balaban J connectivity index is 1.68. The number of hydrogen-bond acceptors (Lipinski definition) is 4. The Kier molecular flexibility index (Phi) is 6.74. The maximum atomic E-state index is 12.7. The number of rotatable bonds is 6. The van der Waals surface area contributed by atoms with Gasteiger partial charge in [-0.25, -0.2) is 0 Å². The Bertz CT molecular complexity index is 862. The maximum absolute atomic E-state index is 12.7. The van der Waals surface area contributed by atoms with E-state index in [1.165, 1.54) is 0 Å². The highest BCUT2D eigenvalue weighted by Crippen LogP contribution is 2.26. The number of carbonyl (C=O) groups is 1. The first-order valence-electron chi connectivity index (χ1n) is 9.98. The summed E-state index contributed by atoms with van der Waals surface area (Å²) >= 11 is 0. The van der Waals surface area contributed by atoms with Crippen molar-refractivity contribution in [2.45, 2.75) is 19.8 Å². The number of ether oxygens (including phenoxy) is 1. The van der Waals surface area contributed by atoms with Crippen LogP contribution < -0.4 is 15.0 Å². The summed E-state index contributed by atoms with van der Waals surface area (Å²) in [5.41, 5.74) is 1.97. The molecule has 1 N–H and O–H groups in total. The number of carbonyl (C=O) groups excluding carboxylic acids is 1. The lowest BCUT2D eigenvalue weighted by atomic mass is 10.0. The van der Waals surface area contributed by atoms with E-state index in [-0.39, 0.29) is 11.8 Å². The van der Waals surface area contributed by atoms with Gasteiger partial charge in [0, 0.05) is 45.3 Å². The molecule has 0 aliphatic carbocycles. The van der Waals surface area contributed by atoms with Crippen molar-refractivity contribution in [3.63, 3.8) is 0 Å². The van der Waals surface area contributed by atoms with Crippen LogP contribution in [0, 0.1) is 0 Å². The smallest absolute Gasteiger partial charge is 0.246 e. The first-order chi connectivity index (χ1) is 14.0. The zero-order valence-electron chi connectivity index (χ0n) is 17.6. The molecule has 1 atom stereocenters. The summed E-state index contributed by atoms with van der Waals surface area (Å²) in [6.07, 6.45) is 3.59. The molecule has 1 aliphatic heterocycles. The minimum atomic E-state index is 0.0487. The van der Waals surface area contributed by atoms with Crippen molar-refractivity contribution in [3.05, 3.63) is 42.2 Å². The van der Waals surface area contributed by atoms with Crippen LogP contribution in [-0.2, 0) is 11.8 Å². The number of aryl methyl sites for hydroxylation is 1. The van der Waals surface area contributed by atoms with Crippen molar-refractivity contribution in [2.24, 2.45) is 12.0 Å². The number of guanidine groups is 1. The number of anilines is 1. The number of methoxy groups -OCH3 is 1. The van der Waals surface area contributed by atoms with E-state index in [1.54, 1.807) is 22.9 Å². The van der Waals surface area contributed by atoms with Crippen LogP contribution >= 0.6 is 0 Å². The van der Waals surface area contributed by atoms with Crippen molar-refractivity contribution >= 4 is 17.6 Å².